The van der Waals surface area contributed by atoms with Crippen LogP contribution in [0.5, 0.6) is 0 Å². The van der Waals surface area contributed by atoms with Crippen LogP contribution in [0.15, 0.2) is 64.0 Å². The summed E-state index contributed by atoms with van der Waals surface area (Å²) in [6.07, 6.45) is 1.77. The molecule has 2 aromatic carbocycles. The predicted molar refractivity (Wildman–Crippen MR) is 121 cm³/mol. The quantitative estimate of drug-likeness (QED) is 0.412. The van der Waals surface area contributed by atoms with Gasteiger partial charge in [-0.1, -0.05) is 28.1 Å². The van der Waals surface area contributed by atoms with Gasteiger partial charge in [-0.05, 0) is 85.3 Å². The fraction of sp³-hybridized carbons (Fsp3) is 0.130. The molecule has 1 aliphatic heterocycles. The van der Waals surface area contributed by atoms with Crippen LogP contribution in [0.1, 0.15) is 22.5 Å². The van der Waals surface area contributed by atoms with E-state index in [-0.39, 0.29) is 23.5 Å². The summed E-state index contributed by atoms with van der Waals surface area (Å²) in [5, 5.41) is -0.322. The molecule has 30 heavy (non-hydrogen) atoms. The highest BCUT2D eigenvalue weighted by molar-refractivity contribution is 9.10. The first-order chi connectivity index (χ1) is 14.3. The number of halogens is 2. The van der Waals surface area contributed by atoms with Gasteiger partial charge >= 0.3 is 0 Å². The average molecular weight is 485 g/mol. The van der Waals surface area contributed by atoms with Gasteiger partial charge in [0.25, 0.3) is 11.1 Å². The van der Waals surface area contributed by atoms with E-state index in [0.29, 0.717) is 10.5 Å². The number of hydrogen-bond donors (Lipinski definition) is 0. The summed E-state index contributed by atoms with van der Waals surface area (Å²) in [4.78, 5) is 26.8. The van der Waals surface area contributed by atoms with Gasteiger partial charge < -0.3 is 4.57 Å². The van der Waals surface area contributed by atoms with Gasteiger partial charge in [-0.15, -0.1) is 0 Å². The van der Waals surface area contributed by atoms with Crippen molar-refractivity contribution < 1.29 is 14.0 Å². The fourth-order valence-corrected chi connectivity index (χ4v) is 4.56. The summed E-state index contributed by atoms with van der Waals surface area (Å²) in [6.45, 7) is 4.12. The van der Waals surface area contributed by atoms with E-state index in [1.165, 1.54) is 17.0 Å². The molecule has 7 heteroatoms. The van der Waals surface area contributed by atoms with Crippen LogP contribution in [0, 0.1) is 19.7 Å². The average Bonchev–Trinajstić information content (AvgIpc) is 3.14. The van der Waals surface area contributed by atoms with Crippen molar-refractivity contribution in [3.05, 3.63) is 92.3 Å². The highest BCUT2D eigenvalue weighted by Crippen LogP contribution is 2.34. The minimum atomic E-state index is -0.353. The Bertz CT molecular complexity index is 1170. The number of imide groups is 1. The third-order valence-corrected chi connectivity index (χ3v) is 6.41. The number of amides is 2. The molecule has 1 aromatic heterocycles. The fourth-order valence-electron chi connectivity index (χ4n) is 3.47. The molecule has 3 aromatic rings. The Morgan fingerprint density at radius 2 is 1.70 bits per heavy atom. The van der Waals surface area contributed by atoms with Crippen LogP contribution < -0.4 is 0 Å². The van der Waals surface area contributed by atoms with E-state index >= 15 is 0 Å². The SMILES string of the molecule is Cc1cc(/C=C2\SC(=O)N(Cc3ccc(F)cc3)C2=O)c(C)n1-c1ccc(Br)cc1. The second-order valence-corrected chi connectivity index (χ2v) is 8.94. The van der Waals surface area contributed by atoms with Gasteiger partial charge in [-0.3, -0.25) is 14.5 Å². The number of rotatable bonds is 4. The lowest BCUT2D eigenvalue weighted by Gasteiger charge is -2.12. The largest absolute Gasteiger partial charge is 0.318 e. The van der Waals surface area contributed by atoms with Gasteiger partial charge in [0.2, 0.25) is 0 Å². The van der Waals surface area contributed by atoms with Crippen LogP contribution in [0.25, 0.3) is 11.8 Å². The number of aromatic nitrogens is 1. The smallest absolute Gasteiger partial charge is 0.293 e. The van der Waals surface area contributed by atoms with Crippen molar-refractivity contribution in [3.63, 3.8) is 0 Å². The number of benzene rings is 2. The van der Waals surface area contributed by atoms with E-state index in [4.69, 9.17) is 0 Å². The second kappa shape index (κ2) is 8.24. The molecule has 0 spiro atoms. The van der Waals surface area contributed by atoms with E-state index in [1.54, 1.807) is 18.2 Å². The number of aryl methyl sites for hydroxylation is 1. The predicted octanol–water partition coefficient (Wildman–Crippen LogP) is 6.23. The Morgan fingerprint density at radius 3 is 2.37 bits per heavy atom. The van der Waals surface area contributed by atoms with Crippen LogP contribution in [0.2, 0.25) is 0 Å². The molecule has 4 rings (SSSR count). The number of nitrogens with zero attached hydrogens (tertiary/aromatic N) is 2. The number of hydrogen-bond acceptors (Lipinski definition) is 3. The number of thioether (sulfide) groups is 1. The first kappa shape index (κ1) is 20.6. The second-order valence-electron chi connectivity index (χ2n) is 7.03. The third-order valence-electron chi connectivity index (χ3n) is 4.97. The Hall–Kier alpha value is -2.64. The summed E-state index contributed by atoms with van der Waals surface area (Å²) in [7, 11) is 0. The molecule has 1 aliphatic rings. The Balaban J connectivity index is 1.61. The van der Waals surface area contributed by atoms with E-state index in [2.05, 4.69) is 20.5 Å². The molecule has 1 saturated heterocycles. The van der Waals surface area contributed by atoms with E-state index in [0.717, 1.165) is 38.9 Å². The van der Waals surface area contributed by atoms with Crippen LogP contribution in [0.3, 0.4) is 0 Å². The summed E-state index contributed by atoms with van der Waals surface area (Å²) in [5.74, 6) is -0.684. The maximum Gasteiger partial charge on any atom is 0.293 e. The summed E-state index contributed by atoms with van der Waals surface area (Å²) in [6, 6.07) is 15.8. The standard InChI is InChI=1S/C23H18BrFN2O2S/c1-14-11-17(15(2)27(14)20-9-5-18(24)6-10-20)12-21-22(28)26(23(29)30-21)13-16-3-7-19(25)8-4-16/h3-12H,13H2,1-2H3/b21-12-. The monoisotopic (exact) mass is 484 g/mol. The van der Waals surface area contributed by atoms with Crippen molar-refractivity contribution in [2.24, 2.45) is 0 Å². The van der Waals surface area contributed by atoms with Crippen LogP contribution >= 0.6 is 27.7 Å². The lowest BCUT2D eigenvalue weighted by atomic mass is 10.2. The molecule has 0 unspecified atom stereocenters. The van der Waals surface area contributed by atoms with Crippen LogP contribution in [-0.2, 0) is 11.3 Å². The minimum absolute atomic E-state index is 0.125. The van der Waals surface area contributed by atoms with Crippen LogP contribution in [-0.4, -0.2) is 20.6 Å². The molecule has 0 aliphatic carbocycles. The highest BCUT2D eigenvalue weighted by atomic mass is 79.9. The van der Waals surface area contributed by atoms with Gasteiger partial charge in [0.05, 0.1) is 11.4 Å². The molecule has 2 heterocycles. The van der Waals surface area contributed by atoms with Crippen molar-refractivity contribution in [2.75, 3.05) is 0 Å². The maximum atomic E-state index is 13.1. The molecule has 0 atom stereocenters. The Kier molecular flexibility index (Phi) is 5.66. The van der Waals surface area contributed by atoms with Gasteiger partial charge in [0, 0.05) is 21.5 Å². The zero-order valence-corrected chi connectivity index (χ0v) is 18.8. The number of carbonyl (C=O) groups is 2. The van der Waals surface area contributed by atoms with Crippen molar-refractivity contribution in [1.82, 2.24) is 9.47 Å². The highest BCUT2D eigenvalue weighted by Gasteiger charge is 2.35. The number of carbonyl (C=O) groups excluding carboxylic acids is 2. The normalized spacial score (nSPS) is 15.5. The third kappa shape index (κ3) is 4.00. The molecule has 1 fully saturated rings. The first-order valence-corrected chi connectivity index (χ1v) is 10.9. The van der Waals surface area contributed by atoms with Crippen LogP contribution in [0.4, 0.5) is 9.18 Å². The molecule has 152 valence electrons. The van der Waals surface area contributed by atoms with Crippen molar-refractivity contribution >= 4 is 44.9 Å². The lowest BCUT2D eigenvalue weighted by molar-refractivity contribution is -0.123. The Morgan fingerprint density at radius 1 is 1.03 bits per heavy atom. The van der Waals surface area contributed by atoms with E-state index in [9.17, 15) is 14.0 Å². The summed E-state index contributed by atoms with van der Waals surface area (Å²) >= 11 is 4.38. The van der Waals surface area contributed by atoms with Crippen molar-refractivity contribution in [2.45, 2.75) is 20.4 Å². The van der Waals surface area contributed by atoms with Gasteiger partial charge in [-0.25, -0.2) is 4.39 Å². The summed E-state index contributed by atoms with van der Waals surface area (Å²) in [5.41, 5.74) is 4.64. The first-order valence-electron chi connectivity index (χ1n) is 9.28. The zero-order valence-electron chi connectivity index (χ0n) is 16.4. The van der Waals surface area contributed by atoms with Gasteiger partial charge in [0.1, 0.15) is 5.82 Å². The molecule has 0 saturated carbocycles. The molecule has 4 nitrogen and oxygen atoms in total. The van der Waals surface area contributed by atoms with Gasteiger partial charge in [-0.2, -0.15) is 0 Å². The van der Waals surface area contributed by atoms with E-state index in [1.807, 2.05) is 44.2 Å². The van der Waals surface area contributed by atoms with Crippen molar-refractivity contribution in [3.8, 4) is 5.69 Å². The molecular formula is C23H18BrFN2O2S. The molecule has 0 bridgehead atoms. The van der Waals surface area contributed by atoms with Crippen molar-refractivity contribution in [1.29, 1.82) is 0 Å². The van der Waals surface area contributed by atoms with Gasteiger partial charge in [0.15, 0.2) is 0 Å². The zero-order chi connectivity index (χ0) is 21.4. The van der Waals surface area contributed by atoms with E-state index < -0.39 is 0 Å². The summed E-state index contributed by atoms with van der Waals surface area (Å²) < 4.78 is 16.2. The minimum Gasteiger partial charge on any atom is -0.318 e. The lowest BCUT2D eigenvalue weighted by Crippen LogP contribution is -2.27. The topological polar surface area (TPSA) is 42.3 Å². The Labute approximate surface area is 186 Å². The molecular weight excluding hydrogens is 467 g/mol. The molecule has 0 radical (unpaired) electrons. The molecule has 0 N–H and O–H groups in total. The maximum absolute atomic E-state index is 13.1. The molecule has 2 amide bonds.